The average molecular weight is 634 g/mol. The van der Waals surface area contributed by atoms with Crippen LogP contribution in [0.25, 0.3) is 0 Å². The molecule has 0 saturated heterocycles. The minimum absolute atomic E-state index is 0.00955. The van der Waals surface area contributed by atoms with Crippen molar-refractivity contribution in [1.29, 1.82) is 0 Å². The quantitative estimate of drug-likeness (QED) is 0.0911. The Kier molecular flexibility index (Phi) is 10.3. The van der Waals surface area contributed by atoms with E-state index in [2.05, 4.69) is 10.6 Å². The van der Waals surface area contributed by atoms with Gasteiger partial charge in [0.15, 0.2) is 0 Å². The number of nitro benzene ring substituents is 2. The van der Waals surface area contributed by atoms with Gasteiger partial charge in [-0.3, -0.25) is 44.3 Å². The van der Waals surface area contributed by atoms with Crippen LogP contribution in [-0.4, -0.2) is 57.6 Å². The number of imide groups is 1. The van der Waals surface area contributed by atoms with Crippen LogP contribution in [0.5, 0.6) is 11.5 Å². The summed E-state index contributed by atoms with van der Waals surface area (Å²) in [5.41, 5.74) is 0.767. The highest BCUT2D eigenvalue weighted by Crippen LogP contribution is 2.28. The third-order valence-electron chi connectivity index (χ3n) is 6.11. The number of carbonyl (C=O) groups is 5. The SMILES string of the molecule is O=C(CN1C(=O)C=CC1=O)NCC(=O)Nc1cc(COC(=O)Oc2ccc([N+](=O)[O-])cc2)ccc1OCc1ccc([N+](=O)[O-])cc1. The van der Waals surface area contributed by atoms with Gasteiger partial charge < -0.3 is 24.8 Å². The Morgan fingerprint density at radius 3 is 1.96 bits per heavy atom. The number of anilines is 1. The molecule has 0 saturated carbocycles. The first kappa shape index (κ1) is 32.3. The lowest BCUT2D eigenvalue weighted by Crippen LogP contribution is -2.42. The van der Waals surface area contributed by atoms with Crippen LogP contribution in [0, 0.1) is 20.2 Å². The van der Waals surface area contributed by atoms with E-state index < -0.39 is 52.7 Å². The molecule has 2 N–H and O–H groups in total. The zero-order chi connectivity index (χ0) is 33.2. The maximum atomic E-state index is 12.7. The van der Waals surface area contributed by atoms with Crippen LogP contribution in [0.1, 0.15) is 11.1 Å². The molecule has 4 rings (SSSR count). The second kappa shape index (κ2) is 14.7. The number of non-ortho nitro benzene ring substituents is 2. The minimum Gasteiger partial charge on any atom is -0.487 e. The molecule has 17 nitrogen and oxygen atoms in total. The molecule has 1 aliphatic rings. The first-order chi connectivity index (χ1) is 22.0. The Balaban J connectivity index is 1.40. The predicted molar refractivity (Wildman–Crippen MR) is 155 cm³/mol. The highest BCUT2D eigenvalue weighted by atomic mass is 16.7. The fraction of sp³-hybridized carbons (Fsp3) is 0.138. The molecule has 0 bridgehead atoms. The van der Waals surface area contributed by atoms with Crippen molar-refractivity contribution in [3.05, 3.63) is 110 Å². The molecule has 3 aromatic rings. The molecule has 46 heavy (non-hydrogen) atoms. The number of amides is 4. The lowest BCUT2D eigenvalue weighted by Gasteiger charge is -2.16. The molecule has 4 amide bonds. The summed E-state index contributed by atoms with van der Waals surface area (Å²) < 4.78 is 15.9. The van der Waals surface area contributed by atoms with Gasteiger partial charge in [0, 0.05) is 36.4 Å². The first-order valence-electron chi connectivity index (χ1n) is 13.2. The van der Waals surface area contributed by atoms with Crippen LogP contribution in [-0.2, 0) is 37.1 Å². The molecule has 0 aromatic heterocycles. The van der Waals surface area contributed by atoms with Gasteiger partial charge in [-0.1, -0.05) is 6.07 Å². The van der Waals surface area contributed by atoms with Gasteiger partial charge in [0.05, 0.1) is 22.1 Å². The Bertz CT molecular complexity index is 1700. The van der Waals surface area contributed by atoms with Crippen molar-refractivity contribution in [3.63, 3.8) is 0 Å². The van der Waals surface area contributed by atoms with E-state index >= 15 is 0 Å². The zero-order valence-electron chi connectivity index (χ0n) is 23.6. The fourth-order valence-electron chi connectivity index (χ4n) is 3.83. The number of ether oxygens (including phenoxy) is 3. The highest BCUT2D eigenvalue weighted by molar-refractivity contribution is 6.14. The summed E-state index contributed by atoms with van der Waals surface area (Å²) in [7, 11) is 0. The van der Waals surface area contributed by atoms with Crippen LogP contribution < -0.4 is 20.1 Å². The van der Waals surface area contributed by atoms with Gasteiger partial charge >= 0.3 is 6.16 Å². The molecule has 3 aromatic carbocycles. The Morgan fingerprint density at radius 1 is 0.761 bits per heavy atom. The summed E-state index contributed by atoms with van der Waals surface area (Å²) in [6, 6.07) is 14.8. The maximum Gasteiger partial charge on any atom is 0.514 e. The number of carbonyl (C=O) groups excluding carboxylic acids is 5. The summed E-state index contributed by atoms with van der Waals surface area (Å²) in [4.78, 5) is 81.6. The molecule has 1 heterocycles. The topological polar surface area (TPSA) is 227 Å². The minimum atomic E-state index is -1.11. The molecule has 0 spiro atoms. The van der Waals surface area contributed by atoms with Gasteiger partial charge in [0.2, 0.25) is 11.8 Å². The summed E-state index contributed by atoms with van der Waals surface area (Å²) in [6.07, 6.45) is 0.935. The number of hydrogen-bond donors (Lipinski definition) is 2. The lowest BCUT2D eigenvalue weighted by atomic mass is 10.2. The van der Waals surface area contributed by atoms with Crippen LogP contribution in [0.4, 0.5) is 21.9 Å². The molecular formula is C29H23N5O12. The van der Waals surface area contributed by atoms with Gasteiger partial charge in [0.25, 0.3) is 23.2 Å². The van der Waals surface area contributed by atoms with Crippen molar-refractivity contribution in [1.82, 2.24) is 10.2 Å². The molecule has 0 unspecified atom stereocenters. The molecule has 0 aliphatic carbocycles. The smallest absolute Gasteiger partial charge is 0.487 e. The van der Waals surface area contributed by atoms with Crippen LogP contribution in [0.2, 0.25) is 0 Å². The van der Waals surface area contributed by atoms with Crippen LogP contribution >= 0.6 is 0 Å². The number of nitrogens with one attached hydrogen (secondary N) is 2. The summed E-state index contributed by atoms with van der Waals surface area (Å²) in [6.45, 7) is -1.47. The molecule has 0 radical (unpaired) electrons. The van der Waals surface area contributed by atoms with Gasteiger partial charge in [0.1, 0.15) is 31.3 Å². The zero-order valence-corrected chi connectivity index (χ0v) is 23.6. The van der Waals surface area contributed by atoms with Crippen LogP contribution in [0.3, 0.4) is 0 Å². The van der Waals surface area contributed by atoms with E-state index in [1.54, 1.807) is 0 Å². The standard InChI is InChI=1S/C29H23N5O12/c35-25(14-30-26(36)15-32-27(37)11-12-28(32)38)31-23-13-19(17-45-29(39)46-22-8-6-21(7-9-22)34(42)43)3-10-24(23)44-16-18-1-4-20(5-2-18)33(40)41/h1-13H,14-17H2,(H,30,36)(H,31,35). The van der Waals surface area contributed by atoms with Crippen LogP contribution in [0.15, 0.2) is 78.9 Å². The maximum absolute atomic E-state index is 12.7. The molecule has 236 valence electrons. The van der Waals surface area contributed by atoms with E-state index in [4.69, 9.17) is 14.2 Å². The van der Waals surface area contributed by atoms with Gasteiger partial charge in [-0.25, -0.2) is 4.79 Å². The van der Waals surface area contributed by atoms with Crippen molar-refractivity contribution in [2.24, 2.45) is 0 Å². The monoisotopic (exact) mass is 633 g/mol. The summed E-state index contributed by atoms with van der Waals surface area (Å²) >= 11 is 0. The largest absolute Gasteiger partial charge is 0.514 e. The number of hydrogen-bond acceptors (Lipinski definition) is 12. The van der Waals surface area contributed by atoms with E-state index in [0.29, 0.717) is 16.0 Å². The van der Waals surface area contributed by atoms with Gasteiger partial charge in [-0.2, -0.15) is 0 Å². The normalized spacial score (nSPS) is 12.0. The first-order valence-corrected chi connectivity index (χ1v) is 13.2. The van der Waals surface area contributed by atoms with Crippen molar-refractivity contribution in [3.8, 4) is 11.5 Å². The third kappa shape index (κ3) is 8.93. The molecule has 0 fully saturated rings. The number of rotatable bonds is 13. The third-order valence-corrected chi connectivity index (χ3v) is 6.11. The molecule has 1 aliphatic heterocycles. The number of benzene rings is 3. The van der Waals surface area contributed by atoms with Crippen molar-refractivity contribution in [2.75, 3.05) is 18.4 Å². The Morgan fingerprint density at radius 2 is 1.35 bits per heavy atom. The molecule has 0 atom stereocenters. The van der Waals surface area contributed by atoms with Crippen molar-refractivity contribution in [2.45, 2.75) is 13.2 Å². The van der Waals surface area contributed by atoms with Gasteiger partial charge in [-0.15, -0.1) is 0 Å². The molecular weight excluding hydrogens is 610 g/mol. The predicted octanol–water partition coefficient (Wildman–Crippen LogP) is 2.78. The van der Waals surface area contributed by atoms with E-state index in [1.807, 2.05) is 0 Å². The fourth-order valence-corrected chi connectivity index (χ4v) is 3.83. The van der Waals surface area contributed by atoms with E-state index in [0.717, 1.165) is 24.3 Å². The lowest BCUT2D eigenvalue weighted by molar-refractivity contribution is -0.385. The number of nitrogens with zero attached hydrogens (tertiary/aromatic N) is 3. The Hall–Kier alpha value is -6.65. The Labute approximate surface area is 258 Å². The average Bonchev–Trinajstić information content (AvgIpc) is 3.35. The van der Waals surface area contributed by atoms with E-state index in [1.165, 1.54) is 54.6 Å². The molecule has 17 heteroatoms. The number of nitro groups is 2. The van der Waals surface area contributed by atoms with Gasteiger partial charge in [-0.05, 0) is 47.5 Å². The summed E-state index contributed by atoms with van der Waals surface area (Å²) in [5.74, 6) is -2.61. The highest BCUT2D eigenvalue weighted by Gasteiger charge is 2.25. The van der Waals surface area contributed by atoms with Crippen molar-refractivity contribution >= 4 is 46.8 Å². The second-order valence-corrected chi connectivity index (χ2v) is 9.36. The van der Waals surface area contributed by atoms with E-state index in [-0.39, 0.29) is 41.8 Å². The van der Waals surface area contributed by atoms with E-state index in [9.17, 15) is 44.2 Å². The van der Waals surface area contributed by atoms with Crippen molar-refractivity contribution < 1.29 is 48.0 Å². The summed E-state index contributed by atoms with van der Waals surface area (Å²) in [5, 5.41) is 26.6. The second-order valence-electron chi connectivity index (χ2n) is 9.36.